The first kappa shape index (κ1) is 14.1. The molecule has 5 heteroatoms. The van der Waals surface area contributed by atoms with Crippen LogP contribution < -0.4 is 0 Å². The van der Waals surface area contributed by atoms with E-state index in [1.165, 1.54) is 0 Å². The third-order valence-corrected chi connectivity index (χ3v) is 9.09. The van der Waals surface area contributed by atoms with Crippen LogP contribution in [-0.2, 0) is 4.79 Å². The Labute approximate surface area is 106 Å². The second kappa shape index (κ2) is 4.74. The average Bonchev–Trinajstić information content (AvgIpc) is 2.13. The molecule has 1 aliphatic carbocycles. The van der Waals surface area contributed by atoms with E-state index >= 15 is 0 Å². The lowest BCUT2D eigenvalue weighted by molar-refractivity contribution is -0.110. The minimum Gasteiger partial charge on any atom is -0.349 e. The first-order chi connectivity index (χ1) is 7.60. The van der Waals surface area contributed by atoms with Crippen LogP contribution in [0.2, 0.25) is 39.3 Å². The quantitative estimate of drug-likeness (QED) is 0.447. The molecule has 0 spiro atoms. The van der Waals surface area contributed by atoms with Crippen molar-refractivity contribution in [3.8, 4) is 0 Å². The van der Waals surface area contributed by atoms with Crippen molar-refractivity contribution in [2.75, 3.05) is 0 Å². The van der Waals surface area contributed by atoms with E-state index in [1.54, 1.807) is 24.3 Å². The van der Waals surface area contributed by atoms with Gasteiger partial charge in [0.05, 0.1) is 5.71 Å². The summed E-state index contributed by atoms with van der Waals surface area (Å²) in [6.45, 7) is 13.8. The van der Waals surface area contributed by atoms with E-state index in [1.807, 2.05) is 0 Å². The molecule has 0 fully saturated rings. The Morgan fingerprint density at radius 3 is 1.65 bits per heavy atom. The van der Waals surface area contributed by atoms with Crippen LogP contribution in [0, 0.1) is 0 Å². The third kappa shape index (κ3) is 4.09. The lowest BCUT2D eigenvalue weighted by atomic mass is 10.2. The molecule has 0 N–H and O–H groups in total. The van der Waals surface area contributed by atoms with E-state index in [-0.39, 0.29) is 5.78 Å². The minimum absolute atomic E-state index is 0.0384. The Balaban J connectivity index is 3.03. The van der Waals surface area contributed by atoms with Crippen molar-refractivity contribution < 1.29 is 4.79 Å². The van der Waals surface area contributed by atoms with Gasteiger partial charge in [-0.1, -0.05) is 39.3 Å². The molecule has 0 saturated heterocycles. The molecule has 0 aromatic carbocycles. The van der Waals surface area contributed by atoms with Crippen molar-refractivity contribution in [2.24, 2.45) is 5.10 Å². The second-order valence-corrected chi connectivity index (χ2v) is 16.2. The van der Waals surface area contributed by atoms with Gasteiger partial charge in [0.1, 0.15) is 0 Å². The van der Waals surface area contributed by atoms with Crippen LogP contribution in [0.15, 0.2) is 29.4 Å². The molecule has 0 aliphatic heterocycles. The summed E-state index contributed by atoms with van der Waals surface area (Å²) < 4.78 is 2.35. The van der Waals surface area contributed by atoms with Gasteiger partial charge in [0.2, 0.25) is 0 Å². The number of nitrogens with zero attached hydrogens (tertiary/aromatic N) is 2. The van der Waals surface area contributed by atoms with Gasteiger partial charge < -0.3 is 4.34 Å². The first-order valence-electron chi connectivity index (χ1n) is 5.90. The smallest absolute Gasteiger partial charge is 0.178 e. The van der Waals surface area contributed by atoms with Crippen molar-refractivity contribution in [3.05, 3.63) is 24.3 Å². The zero-order chi connectivity index (χ0) is 13.3. The highest BCUT2D eigenvalue weighted by molar-refractivity contribution is 6.89. The van der Waals surface area contributed by atoms with Gasteiger partial charge >= 0.3 is 0 Å². The summed E-state index contributed by atoms with van der Waals surface area (Å²) in [5.74, 6) is 0.0384. The number of carbonyl (C=O) groups is 1. The van der Waals surface area contributed by atoms with E-state index < -0.39 is 16.5 Å². The minimum atomic E-state index is -1.47. The van der Waals surface area contributed by atoms with Gasteiger partial charge in [-0.25, -0.2) is 0 Å². The van der Waals surface area contributed by atoms with Gasteiger partial charge in [-0.2, -0.15) is 5.10 Å². The van der Waals surface area contributed by atoms with Gasteiger partial charge in [0, 0.05) is 0 Å². The average molecular weight is 266 g/mol. The zero-order valence-corrected chi connectivity index (χ0v) is 13.6. The largest absolute Gasteiger partial charge is 0.349 e. The molecule has 0 saturated carbocycles. The van der Waals surface area contributed by atoms with Crippen LogP contribution in [-0.4, -0.2) is 32.3 Å². The predicted octanol–water partition coefficient (Wildman–Crippen LogP) is 3.01. The molecule has 17 heavy (non-hydrogen) atoms. The molecule has 3 nitrogen and oxygen atoms in total. The molecule has 0 aromatic heterocycles. The molecular weight excluding hydrogens is 244 g/mol. The lowest BCUT2D eigenvalue weighted by Crippen LogP contribution is -2.56. The van der Waals surface area contributed by atoms with Gasteiger partial charge in [-0.05, 0) is 24.3 Å². The zero-order valence-electron chi connectivity index (χ0n) is 11.6. The Kier molecular flexibility index (Phi) is 3.93. The highest BCUT2D eigenvalue weighted by atomic mass is 28.4. The van der Waals surface area contributed by atoms with E-state index in [2.05, 4.69) is 43.6 Å². The van der Waals surface area contributed by atoms with Crippen molar-refractivity contribution in [3.63, 3.8) is 0 Å². The Bertz CT molecular complexity index is 366. The molecule has 0 bridgehead atoms. The fourth-order valence-corrected chi connectivity index (χ4v) is 10.8. The standard InChI is InChI=1S/C12H22N2OSi2/c1-16(2,3)14(17(4,5)6)13-11-7-9-12(15)10-8-11/h7-10H,1-6H3. The molecule has 0 amide bonds. The summed E-state index contributed by atoms with van der Waals surface area (Å²) in [5, 5.41) is 4.76. The molecule has 1 aliphatic rings. The fourth-order valence-electron chi connectivity index (χ4n) is 1.93. The van der Waals surface area contributed by atoms with Gasteiger partial charge in [0.15, 0.2) is 22.3 Å². The van der Waals surface area contributed by atoms with Crippen LogP contribution in [0.3, 0.4) is 0 Å². The number of hydrogen-bond donors (Lipinski definition) is 0. The summed E-state index contributed by atoms with van der Waals surface area (Å²) in [4.78, 5) is 11.1. The highest BCUT2D eigenvalue weighted by Gasteiger charge is 2.33. The molecular formula is C12H22N2OSi2. The molecule has 0 radical (unpaired) electrons. The maximum absolute atomic E-state index is 11.1. The molecule has 1 rings (SSSR count). The van der Waals surface area contributed by atoms with Crippen molar-refractivity contribution >= 4 is 28.0 Å². The highest BCUT2D eigenvalue weighted by Crippen LogP contribution is 2.20. The van der Waals surface area contributed by atoms with Crippen LogP contribution in [0.1, 0.15) is 0 Å². The second-order valence-electron chi connectivity index (χ2n) is 6.25. The molecule has 0 heterocycles. The van der Waals surface area contributed by atoms with E-state index in [0.29, 0.717) is 0 Å². The Morgan fingerprint density at radius 2 is 1.29 bits per heavy atom. The fraction of sp³-hybridized carbons (Fsp3) is 0.500. The topological polar surface area (TPSA) is 32.7 Å². The summed E-state index contributed by atoms with van der Waals surface area (Å²) in [6.07, 6.45) is 6.75. The van der Waals surface area contributed by atoms with Crippen molar-refractivity contribution in [1.82, 2.24) is 4.34 Å². The van der Waals surface area contributed by atoms with Crippen molar-refractivity contribution in [2.45, 2.75) is 39.3 Å². The van der Waals surface area contributed by atoms with E-state index in [9.17, 15) is 4.79 Å². The maximum Gasteiger partial charge on any atom is 0.178 e. The third-order valence-electron chi connectivity index (χ3n) is 2.32. The summed E-state index contributed by atoms with van der Waals surface area (Å²) in [6, 6.07) is 0. The molecule has 0 unspecified atom stereocenters. The summed E-state index contributed by atoms with van der Waals surface area (Å²) in [7, 11) is -2.94. The molecule has 94 valence electrons. The van der Waals surface area contributed by atoms with Gasteiger partial charge in [-0.3, -0.25) is 4.79 Å². The van der Waals surface area contributed by atoms with Crippen LogP contribution in [0.5, 0.6) is 0 Å². The number of hydrogen-bond acceptors (Lipinski definition) is 3. The first-order valence-corrected chi connectivity index (χ1v) is 12.8. The van der Waals surface area contributed by atoms with Gasteiger partial charge in [0.25, 0.3) is 0 Å². The monoisotopic (exact) mass is 266 g/mol. The summed E-state index contributed by atoms with van der Waals surface area (Å²) in [5.41, 5.74) is 0.884. The number of allylic oxidation sites excluding steroid dienone is 4. The van der Waals surface area contributed by atoms with Gasteiger partial charge in [-0.15, -0.1) is 0 Å². The maximum atomic E-state index is 11.1. The van der Waals surface area contributed by atoms with E-state index in [0.717, 1.165) is 5.71 Å². The van der Waals surface area contributed by atoms with Crippen LogP contribution in [0.25, 0.3) is 0 Å². The molecule has 0 aromatic rings. The lowest BCUT2D eigenvalue weighted by Gasteiger charge is -2.41. The molecule has 0 atom stereocenters. The van der Waals surface area contributed by atoms with Crippen molar-refractivity contribution in [1.29, 1.82) is 0 Å². The SMILES string of the molecule is C[Si](C)(C)N(N=C1C=CC(=O)C=C1)[Si](C)(C)C. The summed E-state index contributed by atoms with van der Waals surface area (Å²) >= 11 is 0. The number of ketones is 1. The Morgan fingerprint density at radius 1 is 0.882 bits per heavy atom. The normalized spacial score (nSPS) is 16.4. The number of hydrazone groups is 1. The number of carbonyl (C=O) groups excluding carboxylic acids is 1. The Hall–Kier alpha value is -0.946. The number of rotatable bonds is 3. The van der Waals surface area contributed by atoms with Crippen LogP contribution in [0.4, 0.5) is 0 Å². The van der Waals surface area contributed by atoms with E-state index in [4.69, 9.17) is 5.10 Å². The predicted molar refractivity (Wildman–Crippen MR) is 79.3 cm³/mol. The van der Waals surface area contributed by atoms with Crippen LogP contribution >= 0.6 is 0 Å².